The van der Waals surface area contributed by atoms with Gasteiger partial charge >= 0.3 is 5.97 Å². The Balaban J connectivity index is 1.94. The highest BCUT2D eigenvalue weighted by Gasteiger charge is 2.41. The van der Waals surface area contributed by atoms with E-state index in [0.717, 1.165) is 17.9 Å². The molecule has 0 aliphatic carbocycles. The molecule has 2 unspecified atom stereocenters. The van der Waals surface area contributed by atoms with E-state index < -0.39 is 0 Å². The molecule has 3 rings (SSSR count). The predicted molar refractivity (Wildman–Crippen MR) is 105 cm³/mol. The Bertz CT molecular complexity index is 780. The SMILES string of the molecule is COCCn1cccc1C1C(c2ccccn2)NC(=S)N1CCC(=O)OC. The number of thiocarbonyl (C=S) groups is 1. The van der Waals surface area contributed by atoms with Crippen molar-refractivity contribution in [3.63, 3.8) is 0 Å². The summed E-state index contributed by atoms with van der Waals surface area (Å²) in [4.78, 5) is 18.2. The minimum atomic E-state index is -0.257. The third-order valence-electron chi connectivity index (χ3n) is 4.69. The van der Waals surface area contributed by atoms with Crippen LogP contribution in [0.2, 0.25) is 0 Å². The number of pyridine rings is 1. The first kappa shape index (κ1) is 19.3. The molecule has 2 atom stereocenters. The van der Waals surface area contributed by atoms with Crippen LogP contribution in [0.5, 0.6) is 0 Å². The summed E-state index contributed by atoms with van der Waals surface area (Å²) in [6.45, 7) is 1.83. The summed E-state index contributed by atoms with van der Waals surface area (Å²) < 4.78 is 12.2. The summed E-state index contributed by atoms with van der Waals surface area (Å²) in [7, 11) is 3.09. The van der Waals surface area contributed by atoms with E-state index in [1.54, 1.807) is 13.3 Å². The largest absolute Gasteiger partial charge is 0.469 e. The highest BCUT2D eigenvalue weighted by Crippen LogP contribution is 2.38. The Labute approximate surface area is 164 Å². The van der Waals surface area contributed by atoms with Gasteiger partial charge in [0.2, 0.25) is 0 Å². The van der Waals surface area contributed by atoms with Crippen LogP contribution >= 0.6 is 12.2 Å². The number of hydrogen-bond acceptors (Lipinski definition) is 5. The maximum atomic E-state index is 11.7. The van der Waals surface area contributed by atoms with Crippen molar-refractivity contribution >= 4 is 23.3 Å². The Kier molecular flexibility index (Phi) is 6.41. The van der Waals surface area contributed by atoms with Crippen molar-refractivity contribution in [1.82, 2.24) is 19.8 Å². The summed E-state index contributed by atoms with van der Waals surface area (Å²) in [5.41, 5.74) is 2.00. The lowest BCUT2D eigenvalue weighted by Gasteiger charge is -2.28. The zero-order valence-corrected chi connectivity index (χ0v) is 16.3. The van der Waals surface area contributed by atoms with Crippen LogP contribution in [0.15, 0.2) is 42.7 Å². The average Bonchev–Trinajstić information content (AvgIpc) is 3.28. The lowest BCUT2D eigenvalue weighted by Crippen LogP contribution is -2.32. The average molecular weight is 388 g/mol. The van der Waals surface area contributed by atoms with Gasteiger partial charge in [0.1, 0.15) is 0 Å². The number of esters is 1. The van der Waals surface area contributed by atoms with Gasteiger partial charge in [-0.25, -0.2) is 0 Å². The first-order chi connectivity index (χ1) is 13.2. The van der Waals surface area contributed by atoms with E-state index in [1.165, 1.54) is 7.11 Å². The van der Waals surface area contributed by atoms with E-state index in [4.69, 9.17) is 21.7 Å². The quantitative estimate of drug-likeness (QED) is 0.548. The molecule has 1 aliphatic rings. The second kappa shape index (κ2) is 8.96. The van der Waals surface area contributed by atoms with Gasteiger partial charge in [-0.15, -0.1) is 0 Å². The first-order valence-corrected chi connectivity index (χ1v) is 9.25. The molecular weight excluding hydrogens is 364 g/mol. The van der Waals surface area contributed by atoms with Crippen LogP contribution in [-0.2, 0) is 20.8 Å². The Morgan fingerprint density at radius 2 is 2.11 bits per heavy atom. The van der Waals surface area contributed by atoms with Crippen molar-refractivity contribution in [2.45, 2.75) is 25.0 Å². The van der Waals surface area contributed by atoms with Gasteiger partial charge in [-0.1, -0.05) is 6.07 Å². The molecule has 0 radical (unpaired) electrons. The van der Waals surface area contributed by atoms with Gasteiger partial charge < -0.3 is 24.3 Å². The number of carbonyl (C=O) groups is 1. The standard InChI is InChI=1S/C19H24N4O3S/c1-25-13-12-22-10-5-7-15(22)18-17(14-6-3-4-9-20-14)21-19(27)23(18)11-8-16(24)26-2/h3-7,9-10,17-18H,8,11-13H2,1-2H3,(H,21,27). The number of nitrogens with one attached hydrogen (secondary N) is 1. The molecule has 0 spiro atoms. The van der Waals surface area contributed by atoms with Gasteiger partial charge in [0.05, 0.1) is 37.9 Å². The monoisotopic (exact) mass is 388 g/mol. The maximum Gasteiger partial charge on any atom is 0.307 e. The van der Waals surface area contributed by atoms with Crippen molar-refractivity contribution in [2.75, 3.05) is 27.4 Å². The van der Waals surface area contributed by atoms with Crippen molar-refractivity contribution in [2.24, 2.45) is 0 Å². The predicted octanol–water partition coefficient (Wildman–Crippen LogP) is 2.07. The summed E-state index contributed by atoms with van der Waals surface area (Å²) in [6.07, 6.45) is 4.07. The third kappa shape index (κ3) is 4.28. The minimum absolute atomic E-state index is 0.0797. The zero-order valence-electron chi connectivity index (χ0n) is 15.5. The lowest BCUT2D eigenvalue weighted by molar-refractivity contribution is -0.140. The normalized spacial score (nSPS) is 19.2. The fourth-order valence-corrected chi connectivity index (χ4v) is 3.70. The fourth-order valence-electron chi connectivity index (χ4n) is 3.37. The van der Waals surface area contributed by atoms with E-state index in [-0.39, 0.29) is 24.5 Å². The first-order valence-electron chi connectivity index (χ1n) is 8.84. The van der Waals surface area contributed by atoms with E-state index in [9.17, 15) is 4.79 Å². The fraction of sp³-hybridized carbons (Fsp3) is 0.421. The molecule has 144 valence electrons. The number of rotatable bonds is 8. The smallest absolute Gasteiger partial charge is 0.307 e. The van der Waals surface area contributed by atoms with Gasteiger partial charge in [-0.3, -0.25) is 9.78 Å². The molecule has 0 saturated carbocycles. The Morgan fingerprint density at radius 1 is 1.26 bits per heavy atom. The second-order valence-electron chi connectivity index (χ2n) is 6.27. The van der Waals surface area contributed by atoms with E-state index in [2.05, 4.69) is 20.9 Å². The second-order valence-corrected chi connectivity index (χ2v) is 6.65. The number of aromatic nitrogens is 2. The van der Waals surface area contributed by atoms with Gasteiger partial charge in [-0.05, 0) is 36.5 Å². The molecule has 7 nitrogen and oxygen atoms in total. The molecule has 0 bridgehead atoms. The summed E-state index contributed by atoms with van der Waals surface area (Å²) in [6, 6.07) is 9.75. The zero-order chi connectivity index (χ0) is 19.2. The molecule has 1 aliphatic heterocycles. The molecule has 0 amide bonds. The van der Waals surface area contributed by atoms with Gasteiger partial charge in [0, 0.05) is 38.3 Å². The van der Waals surface area contributed by atoms with E-state index >= 15 is 0 Å². The topological polar surface area (TPSA) is 68.6 Å². The molecule has 8 heteroatoms. The van der Waals surface area contributed by atoms with Crippen LogP contribution < -0.4 is 5.32 Å². The minimum Gasteiger partial charge on any atom is -0.469 e. The summed E-state index contributed by atoms with van der Waals surface area (Å²) in [5, 5.41) is 3.99. The van der Waals surface area contributed by atoms with Gasteiger partial charge in [0.15, 0.2) is 5.11 Å². The summed E-state index contributed by atoms with van der Waals surface area (Å²) in [5.74, 6) is -0.257. The highest BCUT2D eigenvalue weighted by molar-refractivity contribution is 7.80. The van der Waals surface area contributed by atoms with Crippen LogP contribution in [0.3, 0.4) is 0 Å². The number of methoxy groups -OCH3 is 2. The Morgan fingerprint density at radius 3 is 2.81 bits per heavy atom. The van der Waals surface area contributed by atoms with E-state index in [0.29, 0.717) is 18.3 Å². The molecule has 3 heterocycles. The highest BCUT2D eigenvalue weighted by atomic mass is 32.1. The van der Waals surface area contributed by atoms with Crippen molar-refractivity contribution in [1.29, 1.82) is 0 Å². The molecule has 1 N–H and O–H groups in total. The molecule has 2 aromatic heterocycles. The third-order valence-corrected chi connectivity index (χ3v) is 5.04. The molecule has 1 fully saturated rings. The van der Waals surface area contributed by atoms with Crippen LogP contribution in [0.4, 0.5) is 0 Å². The van der Waals surface area contributed by atoms with E-state index in [1.807, 2.05) is 35.4 Å². The van der Waals surface area contributed by atoms with Gasteiger partial charge in [-0.2, -0.15) is 0 Å². The van der Waals surface area contributed by atoms with Crippen LogP contribution in [0.25, 0.3) is 0 Å². The molecule has 27 heavy (non-hydrogen) atoms. The lowest BCUT2D eigenvalue weighted by atomic mass is 10.0. The number of hydrogen-bond donors (Lipinski definition) is 1. The maximum absolute atomic E-state index is 11.7. The molecule has 2 aromatic rings. The van der Waals surface area contributed by atoms with Crippen molar-refractivity contribution < 1.29 is 14.3 Å². The van der Waals surface area contributed by atoms with Crippen LogP contribution in [-0.4, -0.2) is 52.9 Å². The van der Waals surface area contributed by atoms with Crippen molar-refractivity contribution in [3.8, 4) is 0 Å². The molecule has 1 saturated heterocycles. The number of carbonyl (C=O) groups excluding carboxylic acids is 1. The number of ether oxygens (including phenoxy) is 2. The summed E-state index contributed by atoms with van der Waals surface area (Å²) >= 11 is 5.59. The van der Waals surface area contributed by atoms with Crippen LogP contribution in [0.1, 0.15) is 29.9 Å². The Hall–Kier alpha value is -2.45. The molecule has 0 aromatic carbocycles. The van der Waals surface area contributed by atoms with Crippen molar-refractivity contribution in [3.05, 3.63) is 54.1 Å². The van der Waals surface area contributed by atoms with Crippen LogP contribution in [0, 0.1) is 0 Å². The molecular formula is C19H24N4O3S. The van der Waals surface area contributed by atoms with Gasteiger partial charge in [0.25, 0.3) is 0 Å². The number of nitrogens with zero attached hydrogens (tertiary/aromatic N) is 3.